The molecule has 4 unspecified atom stereocenters. The molecule has 3 nitrogen and oxygen atoms in total. The van der Waals surface area contributed by atoms with Crippen molar-refractivity contribution in [1.82, 2.24) is 0 Å². The Morgan fingerprint density at radius 3 is 2.77 bits per heavy atom. The molecular weight excluding hydrogens is 185 g/mol. The quantitative estimate of drug-likeness (QED) is 0.480. The number of hydrogen-bond donors (Lipinski definition) is 0. The summed E-state index contributed by atoms with van der Waals surface area (Å²) in [4.78, 5) is 0. The molecule has 0 saturated carbocycles. The summed E-state index contributed by atoms with van der Waals surface area (Å²) in [7, 11) is 3.34. The van der Waals surface area contributed by atoms with Crippen LogP contribution in [0.4, 0.5) is 0 Å². The van der Waals surface area contributed by atoms with Crippen molar-refractivity contribution in [3.63, 3.8) is 0 Å². The molecule has 0 aromatic heterocycles. The molecule has 1 rings (SSSR count). The van der Waals surface area contributed by atoms with Crippen LogP contribution in [0.25, 0.3) is 0 Å². The smallest absolute Gasteiger partial charge is 0.109 e. The Balaban J connectivity index is 2.29. The van der Waals surface area contributed by atoms with E-state index in [1.165, 1.54) is 0 Å². The van der Waals surface area contributed by atoms with Crippen molar-refractivity contribution in [1.29, 1.82) is 0 Å². The molecule has 1 fully saturated rings. The van der Waals surface area contributed by atoms with Crippen molar-refractivity contribution >= 4 is 22.7 Å². The monoisotopic (exact) mass is 201 g/mol. The van der Waals surface area contributed by atoms with E-state index in [-0.39, 0.29) is 19.7 Å². The highest BCUT2D eigenvalue weighted by Crippen LogP contribution is 2.37. The lowest BCUT2D eigenvalue weighted by molar-refractivity contribution is 0.0500. The fourth-order valence-corrected chi connectivity index (χ4v) is 1.63. The average molecular weight is 201 g/mol. The van der Waals surface area contributed by atoms with Crippen LogP contribution >= 0.6 is 7.25 Å². The molecule has 1 heterocycles. The van der Waals surface area contributed by atoms with Gasteiger partial charge in [-0.05, 0) is 19.0 Å². The summed E-state index contributed by atoms with van der Waals surface area (Å²) in [6.07, 6.45) is 0.970. The normalized spacial score (nSPS) is 38.8. The van der Waals surface area contributed by atoms with Gasteiger partial charge in [-0.15, -0.1) is 0 Å². The lowest BCUT2D eigenvalue weighted by Gasteiger charge is -2.17. The minimum atomic E-state index is -2.13. The van der Waals surface area contributed by atoms with Gasteiger partial charge >= 0.3 is 0 Å². The van der Waals surface area contributed by atoms with E-state index in [1.54, 1.807) is 6.66 Å². The molecule has 13 heavy (non-hydrogen) atoms. The van der Waals surface area contributed by atoms with Crippen LogP contribution in [0.3, 0.4) is 0 Å². The average Bonchev–Trinajstić information content (AvgIpc) is 2.27. The number of hydrogen-bond acceptors (Lipinski definition) is 3. The largest absolute Gasteiger partial charge is 0.382 e. The van der Waals surface area contributed by atoms with E-state index in [2.05, 4.69) is 6.92 Å². The molecule has 0 spiro atoms. The Morgan fingerprint density at radius 1 is 1.77 bits per heavy atom. The van der Waals surface area contributed by atoms with E-state index in [4.69, 9.17) is 17.1 Å². The second-order valence-electron chi connectivity index (χ2n) is 3.17. The molecule has 4 atom stereocenters. The van der Waals surface area contributed by atoms with Gasteiger partial charge in [0.05, 0.1) is 20.3 Å². The highest BCUT2D eigenvalue weighted by atomic mass is 31.2. The molecule has 1 aliphatic heterocycles. The molecule has 0 amide bonds. The number of rotatable bonds is 3. The maximum atomic E-state index is 11.3. The molecule has 0 aromatic carbocycles. The van der Waals surface area contributed by atoms with Crippen molar-refractivity contribution < 1.29 is 13.8 Å². The van der Waals surface area contributed by atoms with Gasteiger partial charge in [0.15, 0.2) is 0 Å². The zero-order valence-electron chi connectivity index (χ0n) is 7.40. The summed E-state index contributed by atoms with van der Waals surface area (Å²) < 4.78 is 22.1. The summed E-state index contributed by atoms with van der Waals surface area (Å²) in [5, 5.41) is 0. The lowest BCUT2D eigenvalue weighted by atomic mass is 9.88. The minimum Gasteiger partial charge on any atom is -0.382 e. The molecular formula is C7H16B2O3P-. The van der Waals surface area contributed by atoms with Gasteiger partial charge < -0.3 is 13.8 Å². The van der Waals surface area contributed by atoms with Crippen LogP contribution in [0.15, 0.2) is 0 Å². The van der Waals surface area contributed by atoms with E-state index < -0.39 is 7.25 Å². The van der Waals surface area contributed by atoms with Crippen LogP contribution < -0.4 is 0 Å². The van der Waals surface area contributed by atoms with Crippen LogP contribution in [0, 0.1) is 5.92 Å². The Morgan fingerprint density at radius 2 is 2.38 bits per heavy atom. The zero-order valence-corrected chi connectivity index (χ0v) is 8.29. The molecule has 1 saturated heterocycles. The van der Waals surface area contributed by atoms with E-state index in [1.807, 2.05) is 0 Å². The van der Waals surface area contributed by atoms with Gasteiger partial charge in [-0.3, -0.25) is 0 Å². The third-order valence-electron chi connectivity index (χ3n) is 1.99. The minimum absolute atomic E-state index is 0.0522. The van der Waals surface area contributed by atoms with E-state index in [0.717, 1.165) is 6.42 Å². The van der Waals surface area contributed by atoms with Crippen LogP contribution in [-0.2, 0) is 13.8 Å². The Bertz CT molecular complexity index is 208. The van der Waals surface area contributed by atoms with Crippen molar-refractivity contribution in [3.05, 3.63) is 0 Å². The second-order valence-corrected chi connectivity index (χ2v) is 4.31. The standard InChI is InChI=1S/C7H16B2O3P/c1-5-3-6(12-7(5)8)4-11-13(2,9)10/h5-7H,3-4H2,1-2,9H3/q-1. The van der Waals surface area contributed by atoms with Gasteiger partial charge in [-0.2, -0.15) is 0 Å². The lowest BCUT2D eigenvalue weighted by Crippen LogP contribution is -2.16. The molecule has 0 N–H and O–H groups in total. The summed E-state index contributed by atoms with van der Waals surface area (Å²) in [6.45, 7) is 4.23. The first kappa shape index (κ1) is 11.4. The Hall–Kier alpha value is 0.280. The van der Waals surface area contributed by atoms with Gasteiger partial charge in [-0.25, -0.2) is 0 Å². The first-order chi connectivity index (χ1) is 5.88. The van der Waals surface area contributed by atoms with E-state index in [0.29, 0.717) is 12.5 Å². The molecule has 74 valence electrons. The van der Waals surface area contributed by atoms with Gasteiger partial charge in [0.1, 0.15) is 7.85 Å². The van der Waals surface area contributed by atoms with Crippen molar-refractivity contribution in [2.45, 2.75) is 25.5 Å². The van der Waals surface area contributed by atoms with Crippen LogP contribution in [0.2, 0.25) is 0 Å². The zero-order chi connectivity index (χ0) is 10.1. The second kappa shape index (κ2) is 4.20. The fraction of sp³-hybridized carbons (Fsp3) is 1.00. The van der Waals surface area contributed by atoms with Crippen molar-refractivity contribution in [2.75, 3.05) is 13.3 Å². The molecule has 1 aliphatic rings. The van der Waals surface area contributed by atoms with E-state index in [9.17, 15) is 4.57 Å². The van der Waals surface area contributed by atoms with Gasteiger partial charge in [-0.1, -0.05) is 6.92 Å². The molecule has 0 bridgehead atoms. The van der Waals surface area contributed by atoms with Gasteiger partial charge in [0.2, 0.25) is 0 Å². The highest BCUT2D eigenvalue weighted by molar-refractivity contribution is 7.82. The highest BCUT2D eigenvalue weighted by Gasteiger charge is 2.28. The molecule has 0 aromatic rings. The predicted molar refractivity (Wildman–Crippen MR) is 57.6 cm³/mol. The predicted octanol–water partition coefficient (Wildman–Crippen LogP) is 0.111. The maximum absolute atomic E-state index is 11.3. The fourth-order valence-electron chi connectivity index (χ4n) is 1.26. The SMILES string of the molecule is [B]C1OC(COP([BH3-])(C)=O)CC1C. The molecule has 2 radical (unpaired) electrons. The third-order valence-corrected chi connectivity index (χ3v) is 2.50. The summed E-state index contributed by atoms with van der Waals surface area (Å²) >= 11 is 0. The van der Waals surface area contributed by atoms with Gasteiger partial charge in [0.25, 0.3) is 0 Å². The van der Waals surface area contributed by atoms with Crippen LogP contribution in [0.5, 0.6) is 0 Å². The number of ether oxygens (including phenoxy) is 1. The summed E-state index contributed by atoms with van der Waals surface area (Å²) in [5.41, 5.74) is 0. The maximum Gasteiger partial charge on any atom is 0.109 e. The van der Waals surface area contributed by atoms with E-state index >= 15 is 0 Å². The van der Waals surface area contributed by atoms with Gasteiger partial charge in [0, 0.05) is 13.3 Å². The third kappa shape index (κ3) is 3.88. The van der Waals surface area contributed by atoms with Crippen LogP contribution in [0.1, 0.15) is 13.3 Å². The molecule has 6 heteroatoms. The molecule has 0 aliphatic carbocycles. The Kier molecular flexibility index (Phi) is 3.67. The summed E-state index contributed by atoms with van der Waals surface area (Å²) in [6, 6.07) is -0.172. The van der Waals surface area contributed by atoms with Crippen molar-refractivity contribution in [3.8, 4) is 0 Å². The topological polar surface area (TPSA) is 35.5 Å². The van der Waals surface area contributed by atoms with Crippen LogP contribution in [-0.4, -0.2) is 40.8 Å². The first-order valence-electron chi connectivity index (χ1n) is 4.04. The summed E-state index contributed by atoms with van der Waals surface area (Å²) in [5.74, 6) is 0.383. The Labute approximate surface area is 81.8 Å². The van der Waals surface area contributed by atoms with Crippen molar-refractivity contribution in [2.24, 2.45) is 5.92 Å². The first-order valence-corrected chi connectivity index (χ1v) is 5.67.